The van der Waals surface area contributed by atoms with E-state index >= 15 is 0 Å². The first-order chi connectivity index (χ1) is 14.4. The standard InChI is InChI=1S/C25H26N2O2S/c1-5-17-6-8-18(9-7-17)22-14-30-25(26-22)27-24(28)11-19-13-29-23-10-16(4)20(15(2)3)12-21(19)23/h6-10,12-15H,5,11H2,1-4H3,(H,26,27,28). The summed E-state index contributed by atoms with van der Waals surface area (Å²) in [6.07, 6.45) is 2.96. The lowest BCUT2D eigenvalue weighted by molar-refractivity contribution is -0.115. The summed E-state index contributed by atoms with van der Waals surface area (Å²) in [7, 11) is 0. The SMILES string of the molecule is CCc1ccc(-c2csc(NC(=O)Cc3coc4cc(C)c(C(C)C)cc34)n2)cc1. The van der Waals surface area contributed by atoms with Crippen molar-refractivity contribution in [2.45, 2.75) is 46.5 Å². The molecule has 2 heterocycles. The normalized spacial score (nSPS) is 11.4. The number of benzene rings is 2. The fourth-order valence-corrected chi connectivity index (χ4v) is 4.45. The minimum atomic E-state index is -0.0911. The van der Waals surface area contributed by atoms with Crippen LogP contribution in [0.3, 0.4) is 0 Å². The van der Waals surface area contributed by atoms with Crippen molar-refractivity contribution in [2.24, 2.45) is 0 Å². The second kappa shape index (κ2) is 8.44. The molecule has 0 fully saturated rings. The first-order valence-electron chi connectivity index (χ1n) is 10.3. The van der Waals surface area contributed by atoms with Gasteiger partial charge in [-0.3, -0.25) is 4.79 Å². The molecule has 0 radical (unpaired) electrons. The Balaban J connectivity index is 1.49. The molecule has 4 aromatic rings. The molecule has 0 spiro atoms. The number of nitrogens with one attached hydrogen (secondary N) is 1. The van der Waals surface area contributed by atoms with Gasteiger partial charge in [0.2, 0.25) is 5.91 Å². The van der Waals surface area contributed by atoms with Gasteiger partial charge >= 0.3 is 0 Å². The number of furan rings is 1. The van der Waals surface area contributed by atoms with Crippen LogP contribution in [0, 0.1) is 6.92 Å². The predicted octanol–water partition coefficient (Wildman–Crippen LogP) is 6.73. The number of rotatable bonds is 6. The molecule has 2 aromatic heterocycles. The fraction of sp³-hybridized carbons (Fsp3) is 0.280. The molecule has 30 heavy (non-hydrogen) atoms. The average Bonchev–Trinajstić information content (AvgIpc) is 3.34. The first kappa shape index (κ1) is 20.4. The van der Waals surface area contributed by atoms with Crippen LogP contribution in [0.25, 0.3) is 22.2 Å². The Morgan fingerprint density at radius 1 is 1.20 bits per heavy atom. The molecule has 1 amide bonds. The summed E-state index contributed by atoms with van der Waals surface area (Å²) in [5.41, 5.74) is 7.45. The Morgan fingerprint density at radius 2 is 1.97 bits per heavy atom. The molecule has 0 saturated carbocycles. The lowest BCUT2D eigenvalue weighted by Gasteiger charge is -2.09. The smallest absolute Gasteiger partial charge is 0.230 e. The third-order valence-electron chi connectivity index (χ3n) is 5.42. The zero-order valence-corrected chi connectivity index (χ0v) is 18.6. The number of thiazole rings is 1. The topological polar surface area (TPSA) is 55.1 Å². The van der Waals surface area contributed by atoms with Crippen LogP contribution in [0.5, 0.6) is 0 Å². The van der Waals surface area contributed by atoms with Gasteiger partial charge in [0, 0.05) is 21.9 Å². The maximum absolute atomic E-state index is 12.7. The second-order valence-electron chi connectivity index (χ2n) is 7.93. The minimum absolute atomic E-state index is 0.0911. The number of carbonyl (C=O) groups excluding carboxylic acids is 1. The molecule has 5 heteroatoms. The Labute approximate surface area is 181 Å². The number of amides is 1. The molecule has 0 atom stereocenters. The van der Waals surface area contributed by atoms with E-state index in [2.05, 4.69) is 74.4 Å². The highest BCUT2D eigenvalue weighted by Crippen LogP contribution is 2.30. The van der Waals surface area contributed by atoms with E-state index in [0.29, 0.717) is 11.0 Å². The second-order valence-corrected chi connectivity index (χ2v) is 8.79. The molecule has 154 valence electrons. The minimum Gasteiger partial charge on any atom is -0.464 e. The number of carbonyl (C=O) groups is 1. The number of fused-ring (bicyclic) bond motifs is 1. The molecular weight excluding hydrogens is 392 g/mol. The largest absolute Gasteiger partial charge is 0.464 e. The first-order valence-corrected chi connectivity index (χ1v) is 11.2. The predicted molar refractivity (Wildman–Crippen MR) is 124 cm³/mol. The molecule has 2 aromatic carbocycles. The highest BCUT2D eigenvalue weighted by molar-refractivity contribution is 7.14. The van der Waals surface area contributed by atoms with E-state index in [9.17, 15) is 4.79 Å². The molecule has 0 aliphatic heterocycles. The van der Waals surface area contributed by atoms with Crippen molar-refractivity contribution in [1.82, 2.24) is 4.98 Å². The Hall–Kier alpha value is -2.92. The Kier molecular flexibility index (Phi) is 5.73. The van der Waals surface area contributed by atoms with Crippen molar-refractivity contribution in [2.75, 3.05) is 5.32 Å². The van der Waals surface area contributed by atoms with Gasteiger partial charge in [-0.2, -0.15) is 0 Å². The monoisotopic (exact) mass is 418 g/mol. The number of aryl methyl sites for hydroxylation is 2. The molecule has 0 aliphatic carbocycles. The van der Waals surface area contributed by atoms with Gasteiger partial charge < -0.3 is 9.73 Å². The van der Waals surface area contributed by atoms with Gasteiger partial charge in [-0.25, -0.2) is 4.98 Å². The molecule has 0 bridgehead atoms. The number of aromatic nitrogens is 1. The van der Waals surface area contributed by atoms with E-state index in [1.807, 2.05) is 5.38 Å². The molecule has 4 rings (SSSR count). The van der Waals surface area contributed by atoms with Crippen LogP contribution in [0.1, 0.15) is 48.9 Å². The van der Waals surface area contributed by atoms with Crippen LogP contribution >= 0.6 is 11.3 Å². The van der Waals surface area contributed by atoms with Crippen molar-refractivity contribution in [1.29, 1.82) is 0 Å². The van der Waals surface area contributed by atoms with E-state index in [-0.39, 0.29) is 12.3 Å². The average molecular weight is 419 g/mol. The van der Waals surface area contributed by atoms with Crippen molar-refractivity contribution in [3.63, 3.8) is 0 Å². The van der Waals surface area contributed by atoms with Gasteiger partial charge in [-0.15, -0.1) is 11.3 Å². The van der Waals surface area contributed by atoms with Crippen LogP contribution in [0.2, 0.25) is 0 Å². The van der Waals surface area contributed by atoms with Crippen LogP contribution in [0.15, 0.2) is 52.5 Å². The Morgan fingerprint density at radius 3 is 2.67 bits per heavy atom. The van der Waals surface area contributed by atoms with E-state index in [1.165, 1.54) is 28.0 Å². The molecule has 0 unspecified atom stereocenters. The summed E-state index contributed by atoms with van der Waals surface area (Å²) in [6, 6.07) is 12.6. The number of hydrogen-bond acceptors (Lipinski definition) is 4. The van der Waals surface area contributed by atoms with Gasteiger partial charge in [0.05, 0.1) is 18.4 Å². The summed E-state index contributed by atoms with van der Waals surface area (Å²) in [4.78, 5) is 17.2. The summed E-state index contributed by atoms with van der Waals surface area (Å²) in [6.45, 7) is 8.59. The molecule has 0 aliphatic rings. The van der Waals surface area contributed by atoms with E-state index in [4.69, 9.17) is 4.42 Å². The van der Waals surface area contributed by atoms with Gasteiger partial charge in [0.25, 0.3) is 0 Å². The Bertz CT molecular complexity index is 1190. The van der Waals surface area contributed by atoms with Crippen LogP contribution in [-0.4, -0.2) is 10.9 Å². The van der Waals surface area contributed by atoms with Crippen molar-refractivity contribution in [3.8, 4) is 11.3 Å². The maximum Gasteiger partial charge on any atom is 0.230 e. The van der Waals surface area contributed by atoms with Gasteiger partial charge in [-0.1, -0.05) is 45.0 Å². The summed E-state index contributed by atoms with van der Waals surface area (Å²) < 4.78 is 5.70. The summed E-state index contributed by atoms with van der Waals surface area (Å²) >= 11 is 1.44. The van der Waals surface area contributed by atoms with Crippen molar-refractivity contribution < 1.29 is 9.21 Å². The van der Waals surface area contributed by atoms with Crippen molar-refractivity contribution in [3.05, 3.63) is 70.3 Å². The maximum atomic E-state index is 12.7. The number of anilines is 1. The van der Waals surface area contributed by atoms with Crippen molar-refractivity contribution >= 4 is 33.3 Å². The zero-order valence-electron chi connectivity index (χ0n) is 17.8. The zero-order chi connectivity index (χ0) is 21.3. The highest BCUT2D eigenvalue weighted by Gasteiger charge is 2.15. The quantitative estimate of drug-likeness (QED) is 0.377. The highest BCUT2D eigenvalue weighted by atomic mass is 32.1. The number of nitrogens with zero attached hydrogens (tertiary/aromatic N) is 1. The van der Waals surface area contributed by atoms with E-state index in [0.717, 1.165) is 34.2 Å². The molecule has 1 N–H and O–H groups in total. The van der Waals surface area contributed by atoms with Crippen LogP contribution in [-0.2, 0) is 17.6 Å². The van der Waals surface area contributed by atoms with E-state index < -0.39 is 0 Å². The summed E-state index contributed by atoms with van der Waals surface area (Å²) in [5.74, 6) is 0.331. The molecule has 0 saturated heterocycles. The molecule has 4 nitrogen and oxygen atoms in total. The van der Waals surface area contributed by atoms with Crippen LogP contribution in [0.4, 0.5) is 5.13 Å². The summed E-state index contributed by atoms with van der Waals surface area (Å²) in [5, 5.41) is 6.53. The number of hydrogen-bond donors (Lipinski definition) is 1. The lowest BCUT2D eigenvalue weighted by Crippen LogP contribution is -2.14. The van der Waals surface area contributed by atoms with E-state index in [1.54, 1.807) is 6.26 Å². The lowest BCUT2D eigenvalue weighted by atomic mass is 9.95. The van der Waals surface area contributed by atoms with Crippen LogP contribution < -0.4 is 5.32 Å². The fourth-order valence-electron chi connectivity index (χ4n) is 3.72. The van der Waals surface area contributed by atoms with Gasteiger partial charge in [0.15, 0.2) is 5.13 Å². The molecular formula is C25H26N2O2S. The third kappa shape index (κ3) is 4.17. The van der Waals surface area contributed by atoms with Gasteiger partial charge in [-0.05, 0) is 48.1 Å². The third-order valence-corrected chi connectivity index (χ3v) is 6.18. The van der Waals surface area contributed by atoms with Gasteiger partial charge in [0.1, 0.15) is 5.58 Å².